The molecule has 2 aromatic rings. The van der Waals surface area contributed by atoms with E-state index in [2.05, 4.69) is 20.9 Å². The minimum absolute atomic E-state index is 0. The molecule has 5 nitrogen and oxygen atoms in total. The Labute approximate surface area is 176 Å². The van der Waals surface area contributed by atoms with E-state index in [4.69, 9.17) is 0 Å². The number of rotatable bonds is 6. The number of halogens is 2. The van der Waals surface area contributed by atoms with Gasteiger partial charge in [-0.1, -0.05) is 44.2 Å². The van der Waals surface area contributed by atoms with Gasteiger partial charge in [0.1, 0.15) is 5.82 Å². The number of benzene rings is 2. The van der Waals surface area contributed by atoms with Crippen LogP contribution in [0.3, 0.4) is 0 Å². The number of aliphatic imine (C=N–C) groups is 1. The van der Waals surface area contributed by atoms with Gasteiger partial charge in [-0.05, 0) is 23.8 Å². The average Bonchev–Trinajstić information content (AvgIpc) is 2.64. The first kappa shape index (κ1) is 22.9. The summed E-state index contributed by atoms with van der Waals surface area (Å²) in [4.78, 5) is 15.8. The van der Waals surface area contributed by atoms with Crippen LogP contribution in [-0.2, 0) is 17.9 Å². The molecular weight excluding hydrogens is 458 g/mol. The summed E-state index contributed by atoms with van der Waals surface area (Å²) >= 11 is 0. The van der Waals surface area contributed by atoms with Gasteiger partial charge >= 0.3 is 0 Å². The Morgan fingerprint density at radius 1 is 1.04 bits per heavy atom. The molecule has 0 radical (unpaired) electrons. The maximum Gasteiger partial charge on any atom is 0.226 e. The Hall–Kier alpha value is -2.16. The van der Waals surface area contributed by atoms with Gasteiger partial charge in [-0.25, -0.2) is 4.39 Å². The number of anilines is 1. The summed E-state index contributed by atoms with van der Waals surface area (Å²) < 4.78 is 13.6. The Morgan fingerprint density at radius 3 is 2.26 bits per heavy atom. The fraction of sp³-hybridized carbons (Fsp3) is 0.300. The van der Waals surface area contributed by atoms with Crippen molar-refractivity contribution in [2.45, 2.75) is 26.9 Å². The lowest BCUT2D eigenvalue weighted by Crippen LogP contribution is -2.36. The highest BCUT2D eigenvalue weighted by atomic mass is 127. The Morgan fingerprint density at radius 2 is 1.67 bits per heavy atom. The SMILES string of the molecule is CN=C(NCc1ccc(NC(=O)C(C)C)cc1)NCc1ccccc1F.I. The molecule has 0 fully saturated rings. The van der Waals surface area contributed by atoms with E-state index < -0.39 is 0 Å². The van der Waals surface area contributed by atoms with Gasteiger partial charge in [0.2, 0.25) is 5.91 Å². The van der Waals surface area contributed by atoms with Gasteiger partial charge < -0.3 is 16.0 Å². The summed E-state index contributed by atoms with van der Waals surface area (Å²) in [7, 11) is 1.67. The van der Waals surface area contributed by atoms with Crippen LogP contribution >= 0.6 is 24.0 Å². The molecule has 0 saturated carbocycles. The number of hydrogen-bond donors (Lipinski definition) is 3. The lowest BCUT2D eigenvalue weighted by molar-refractivity contribution is -0.118. The number of nitrogens with zero attached hydrogens (tertiary/aromatic N) is 1. The number of guanidine groups is 1. The largest absolute Gasteiger partial charge is 0.352 e. The third-order valence-electron chi connectivity index (χ3n) is 3.83. The number of carbonyl (C=O) groups is 1. The first-order valence-electron chi connectivity index (χ1n) is 8.57. The molecule has 0 unspecified atom stereocenters. The molecule has 0 saturated heterocycles. The van der Waals surface area contributed by atoms with Crippen LogP contribution in [0.2, 0.25) is 0 Å². The molecule has 0 bridgehead atoms. The van der Waals surface area contributed by atoms with E-state index >= 15 is 0 Å². The highest BCUT2D eigenvalue weighted by molar-refractivity contribution is 14.0. The van der Waals surface area contributed by atoms with Crippen LogP contribution < -0.4 is 16.0 Å². The number of hydrogen-bond acceptors (Lipinski definition) is 2. The van der Waals surface area contributed by atoms with Crippen molar-refractivity contribution in [1.82, 2.24) is 10.6 Å². The maximum atomic E-state index is 13.6. The molecule has 0 aliphatic rings. The quantitative estimate of drug-likeness (QED) is 0.331. The first-order valence-corrected chi connectivity index (χ1v) is 8.57. The minimum Gasteiger partial charge on any atom is -0.352 e. The van der Waals surface area contributed by atoms with Crippen LogP contribution in [0.4, 0.5) is 10.1 Å². The summed E-state index contributed by atoms with van der Waals surface area (Å²) in [5.74, 6) is 0.286. The summed E-state index contributed by atoms with van der Waals surface area (Å²) in [6.45, 7) is 4.63. The predicted octanol–water partition coefficient (Wildman–Crippen LogP) is 3.90. The molecule has 2 aromatic carbocycles. The molecule has 27 heavy (non-hydrogen) atoms. The molecule has 0 atom stereocenters. The third-order valence-corrected chi connectivity index (χ3v) is 3.83. The van der Waals surface area contributed by atoms with Crippen molar-refractivity contribution in [2.75, 3.05) is 12.4 Å². The van der Waals surface area contributed by atoms with Crippen molar-refractivity contribution in [2.24, 2.45) is 10.9 Å². The highest BCUT2D eigenvalue weighted by Crippen LogP contribution is 2.11. The summed E-state index contributed by atoms with van der Waals surface area (Å²) in [6.07, 6.45) is 0. The van der Waals surface area contributed by atoms with Crippen molar-refractivity contribution in [1.29, 1.82) is 0 Å². The van der Waals surface area contributed by atoms with Gasteiger partial charge in [0.25, 0.3) is 0 Å². The van der Waals surface area contributed by atoms with Gasteiger partial charge in [-0.2, -0.15) is 0 Å². The molecule has 1 amide bonds. The van der Waals surface area contributed by atoms with Crippen LogP contribution in [0, 0.1) is 11.7 Å². The van der Waals surface area contributed by atoms with E-state index in [1.807, 2.05) is 38.1 Å². The molecule has 0 aliphatic carbocycles. The van der Waals surface area contributed by atoms with Gasteiger partial charge in [-0.3, -0.25) is 9.79 Å². The van der Waals surface area contributed by atoms with Crippen molar-refractivity contribution in [3.05, 3.63) is 65.5 Å². The lowest BCUT2D eigenvalue weighted by Gasteiger charge is -2.13. The van der Waals surface area contributed by atoms with Crippen molar-refractivity contribution < 1.29 is 9.18 Å². The maximum absolute atomic E-state index is 13.6. The van der Waals surface area contributed by atoms with E-state index in [-0.39, 0.29) is 41.6 Å². The fourth-order valence-corrected chi connectivity index (χ4v) is 2.22. The Bertz CT molecular complexity index is 763. The molecule has 2 rings (SSSR count). The fourth-order valence-electron chi connectivity index (χ4n) is 2.22. The first-order chi connectivity index (χ1) is 12.5. The highest BCUT2D eigenvalue weighted by Gasteiger charge is 2.07. The summed E-state index contributed by atoms with van der Waals surface area (Å²) in [5, 5.41) is 9.13. The van der Waals surface area contributed by atoms with E-state index in [1.54, 1.807) is 25.2 Å². The van der Waals surface area contributed by atoms with Gasteiger partial charge in [-0.15, -0.1) is 24.0 Å². The lowest BCUT2D eigenvalue weighted by atomic mass is 10.1. The molecule has 0 spiro atoms. The standard InChI is InChI=1S/C20H25FN4O.HI/c1-14(2)19(26)25-17-10-8-15(9-11-17)12-23-20(22-3)24-13-16-6-4-5-7-18(16)21;/h4-11,14H,12-13H2,1-3H3,(H,25,26)(H2,22,23,24);1H. The smallest absolute Gasteiger partial charge is 0.226 e. The Balaban J connectivity index is 0.00000364. The topological polar surface area (TPSA) is 65.5 Å². The van der Waals surface area contributed by atoms with Crippen LogP contribution in [0.5, 0.6) is 0 Å². The second-order valence-electron chi connectivity index (χ2n) is 6.21. The zero-order valence-electron chi connectivity index (χ0n) is 15.8. The molecule has 0 aromatic heterocycles. The molecule has 0 aliphatic heterocycles. The van der Waals surface area contributed by atoms with Crippen molar-refractivity contribution >= 4 is 41.5 Å². The van der Waals surface area contributed by atoms with E-state index in [0.29, 0.717) is 24.6 Å². The van der Waals surface area contributed by atoms with Gasteiger partial charge in [0.15, 0.2) is 5.96 Å². The summed E-state index contributed by atoms with van der Waals surface area (Å²) in [5.41, 5.74) is 2.40. The van der Waals surface area contributed by atoms with E-state index in [1.165, 1.54) is 6.07 Å². The monoisotopic (exact) mass is 484 g/mol. The van der Waals surface area contributed by atoms with Crippen LogP contribution in [0.1, 0.15) is 25.0 Å². The van der Waals surface area contributed by atoms with Crippen LogP contribution in [0.25, 0.3) is 0 Å². The minimum atomic E-state index is -0.241. The predicted molar refractivity (Wildman–Crippen MR) is 119 cm³/mol. The number of amides is 1. The van der Waals surface area contributed by atoms with E-state index in [0.717, 1.165) is 11.3 Å². The molecule has 0 heterocycles. The van der Waals surface area contributed by atoms with Gasteiger partial charge in [0.05, 0.1) is 0 Å². The molecule has 3 N–H and O–H groups in total. The summed E-state index contributed by atoms with van der Waals surface area (Å²) in [6, 6.07) is 14.3. The van der Waals surface area contributed by atoms with Crippen molar-refractivity contribution in [3.8, 4) is 0 Å². The van der Waals surface area contributed by atoms with Crippen LogP contribution in [0.15, 0.2) is 53.5 Å². The average molecular weight is 484 g/mol. The second kappa shape index (κ2) is 11.5. The third kappa shape index (κ3) is 7.54. The Kier molecular flexibility index (Phi) is 9.77. The van der Waals surface area contributed by atoms with Gasteiger partial charge in [0, 0.05) is 37.3 Å². The molecule has 7 heteroatoms. The van der Waals surface area contributed by atoms with Crippen molar-refractivity contribution in [3.63, 3.8) is 0 Å². The zero-order valence-corrected chi connectivity index (χ0v) is 18.1. The number of nitrogens with one attached hydrogen (secondary N) is 3. The normalized spacial score (nSPS) is 10.9. The molecule has 146 valence electrons. The van der Waals surface area contributed by atoms with Crippen LogP contribution in [-0.4, -0.2) is 18.9 Å². The second-order valence-corrected chi connectivity index (χ2v) is 6.21. The zero-order chi connectivity index (χ0) is 18.9. The molecular formula is C20H26FIN4O. The number of carbonyl (C=O) groups excluding carboxylic acids is 1. The van der Waals surface area contributed by atoms with E-state index in [9.17, 15) is 9.18 Å².